The van der Waals surface area contributed by atoms with Gasteiger partial charge in [0.2, 0.25) is 5.91 Å². The summed E-state index contributed by atoms with van der Waals surface area (Å²) in [6, 6.07) is 3.56. The molecular formula is C10H16N4OS. The van der Waals surface area contributed by atoms with Crippen LogP contribution < -0.4 is 17.0 Å². The maximum Gasteiger partial charge on any atom is 0.240 e. The molecule has 0 radical (unpaired) electrons. The molecule has 0 saturated heterocycles. The number of rotatable bonds is 4. The largest absolute Gasteiger partial charge is 0.397 e. The fourth-order valence-corrected chi connectivity index (χ4v) is 2.03. The maximum absolute atomic E-state index is 11.4. The van der Waals surface area contributed by atoms with Gasteiger partial charge in [-0.25, -0.2) is 10.8 Å². The molecule has 0 unspecified atom stereocenters. The number of hydrazine groups is 1. The van der Waals surface area contributed by atoms with Crippen LogP contribution in [0.5, 0.6) is 0 Å². The van der Waals surface area contributed by atoms with Crippen LogP contribution in [-0.4, -0.2) is 16.6 Å². The van der Waals surface area contributed by atoms with E-state index in [-0.39, 0.29) is 5.91 Å². The molecule has 0 bridgehead atoms. The van der Waals surface area contributed by atoms with E-state index in [0.717, 1.165) is 5.03 Å². The van der Waals surface area contributed by atoms with Crippen LogP contribution >= 0.6 is 11.8 Å². The number of nitrogens with two attached hydrogens (primary N) is 2. The lowest BCUT2D eigenvalue weighted by atomic mass is 9.96. The highest BCUT2D eigenvalue weighted by Crippen LogP contribution is 2.29. The van der Waals surface area contributed by atoms with Gasteiger partial charge < -0.3 is 5.73 Å². The number of hydrogen-bond donors (Lipinski definition) is 3. The normalized spacial score (nSPS) is 11.2. The monoisotopic (exact) mass is 240 g/mol. The van der Waals surface area contributed by atoms with Crippen LogP contribution in [0, 0.1) is 5.41 Å². The van der Waals surface area contributed by atoms with E-state index >= 15 is 0 Å². The van der Waals surface area contributed by atoms with Crippen molar-refractivity contribution >= 4 is 23.4 Å². The Balaban J connectivity index is 2.65. The fraction of sp³-hybridized carbons (Fsp3) is 0.400. The van der Waals surface area contributed by atoms with Crippen LogP contribution in [0.25, 0.3) is 0 Å². The SMILES string of the molecule is CC(C)(CSc1ncccc1N)C(=O)NN. The third-order valence-corrected chi connectivity index (χ3v) is 3.60. The van der Waals surface area contributed by atoms with E-state index < -0.39 is 5.41 Å². The van der Waals surface area contributed by atoms with E-state index in [0.29, 0.717) is 11.4 Å². The molecule has 0 saturated carbocycles. The number of amides is 1. The molecule has 0 spiro atoms. The lowest BCUT2D eigenvalue weighted by molar-refractivity contribution is -0.128. The average molecular weight is 240 g/mol. The summed E-state index contributed by atoms with van der Waals surface area (Å²) in [4.78, 5) is 15.6. The van der Waals surface area contributed by atoms with E-state index in [1.54, 1.807) is 18.3 Å². The summed E-state index contributed by atoms with van der Waals surface area (Å²) in [6.45, 7) is 3.64. The molecule has 5 nitrogen and oxygen atoms in total. The van der Waals surface area contributed by atoms with Crippen molar-refractivity contribution in [1.82, 2.24) is 10.4 Å². The van der Waals surface area contributed by atoms with Gasteiger partial charge in [0.05, 0.1) is 11.1 Å². The Hall–Kier alpha value is -1.27. The summed E-state index contributed by atoms with van der Waals surface area (Å²) in [6.07, 6.45) is 1.68. The number of pyridine rings is 1. The van der Waals surface area contributed by atoms with Crippen molar-refractivity contribution in [3.05, 3.63) is 18.3 Å². The first-order valence-electron chi connectivity index (χ1n) is 4.81. The van der Waals surface area contributed by atoms with Gasteiger partial charge in [-0.2, -0.15) is 0 Å². The van der Waals surface area contributed by atoms with Gasteiger partial charge in [-0.3, -0.25) is 10.2 Å². The molecule has 0 aliphatic heterocycles. The van der Waals surface area contributed by atoms with Gasteiger partial charge in [0, 0.05) is 11.9 Å². The van der Waals surface area contributed by atoms with Gasteiger partial charge in [0.25, 0.3) is 0 Å². The molecule has 5 N–H and O–H groups in total. The van der Waals surface area contributed by atoms with Gasteiger partial charge in [-0.15, -0.1) is 11.8 Å². The molecule has 6 heteroatoms. The zero-order valence-corrected chi connectivity index (χ0v) is 10.2. The highest BCUT2D eigenvalue weighted by molar-refractivity contribution is 7.99. The second kappa shape index (κ2) is 5.18. The van der Waals surface area contributed by atoms with Crippen LogP contribution in [0.1, 0.15) is 13.8 Å². The Morgan fingerprint density at radius 2 is 2.31 bits per heavy atom. The van der Waals surface area contributed by atoms with Crippen molar-refractivity contribution in [2.24, 2.45) is 11.3 Å². The first kappa shape index (κ1) is 12.8. The Morgan fingerprint density at radius 1 is 1.62 bits per heavy atom. The number of hydrogen-bond acceptors (Lipinski definition) is 5. The molecule has 0 aliphatic rings. The Morgan fingerprint density at radius 3 is 2.88 bits per heavy atom. The van der Waals surface area contributed by atoms with Gasteiger partial charge in [-0.1, -0.05) is 13.8 Å². The molecule has 1 aromatic heterocycles. The third-order valence-electron chi connectivity index (χ3n) is 2.12. The molecule has 1 heterocycles. The lowest BCUT2D eigenvalue weighted by Crippen LogP contribution is -2.42. The minimum absolute atomic E-state index is 0.200. The lowest BCUT2D eigenvalue weighted by Gasteiger charge is -2.21. The molecule has 0 aromatic carbocycles. The number of aromatic nitrogens is 1. The molecule has 1 rings (SSSR count). The predicted molar refractivity (Wildman–Crippen MR) is 65.5 cm³/mol. The second-order valence-electron chi connectivity index (χ2n) is 4.04. The van der Waals surface area contributed by atoms with Gasteiger partial charge in [0.1, 0.15) is 5.03 Å². The van der Waals surface area contributed by atoms with Crippen LogP contribution in [0.2, 0.25) is 0 Å². The minimum atomic E-state index is -0.552. The van der Waals surface area contributed by atoms with E-state index in [1.165, 1.54) is 11.8 Å². The molecular weight excluding hydrogens is 224 g/mol. The second-order valence-corrected chi connectivity index (χ2v) is 5.01. The van der Waals surface area contributed by atoms with Crippen molar-refractivity contribution in [3.63, 3.8) is 0 Å². The van der Waals surface area contributed by atoms with Crippen LogP contribution in [0.15, 0.2) is 23.4 Å². The zero-order valence-electron chi connectivity index (χ0n) is 9.36. The summed E-state index contributed by atoms with van der Waals surface area (Å²) < 4.78 is 0. The Kier molecular flexibility index (Phi) is 4.14. The van der Waals surface area contributed by atoms with Crippen LogP contribution in [-0.2, 0) is 4.79 Å². The van der Waals surface area contributed by atoms with E-state index in [4.69, 9.17) is 11.6 Å². The summed E-state index contributed by atoms with van der Waals surface area (Å²) in [5.41, 5.74) is 7.97. The number of carbonyl (C=O) groups excluding carboxylic acids is 1. The van der Waals surface area contributed by atoms with E-state index in [9.17, 15) is 4.79 Å². The topological polar surface area (TPSA) is 94.0 Å². The van der Waals surface area contributed by atoms with Crippen molar-refractivity contribution in [2.45, 2.75) is 18.9 Å². The number of carbonyl (C=O) groups is 1. The average Bonchev–Trinajstić information content (AvgIpc) is 2.27. The van der Waals surface area contributed by atoms with Crippen molar-refractivity contribution < 1.29 is 4.79 Å². The number of nitrogen functional groups attached to an aromatic ring is 1. The Bertz CT molecular complexity index is 381. The summed E-state index contributed by atoms with van der Waals surface area (Å²) in [7, 11) is 0. The zero-order chi connectivity index (χ0) is 12.2. The first-order chi connectivity index (χ1) is 7.47. The quantitative estimate of drug-likeness (QED) is 0.313. The molecule has 16 heavy (non-hydrogen) atoms. The molecule has 1 amide bonds. The van der Waals surface area contributed by atoms with E-state index in [1.807, 2.05) is 13.8 Å². The summed E-state index contributed by atoms with van der Waals surface area (Å²) >= 11 is 1.45. The third kappa shape index (κ3) is 3.11. The van der Waals surface area contributed by atoms with Gasteiger partial charge >= 0.3 is 0 Å². The van der Waals surface area contributed by atoms with E-state index in [2.05, 4.69) is 10.4 Å². The maximum atomic E-state index is 11.4. The number of nitrogens with zero attached hydrogens (tertiary/aromatic N) is 1. The number of anilines is 1. The fourth-order valence-electron chi connectivity index (χ4n) is 1.03. The number of thioether (sulfide) groups is 1. The van der Waals surface area contributed by atoms with Crippen LogP contribution in [0.4, 0.5) is 5.69 Å². The molecule has 0 aliphatic carbocycles. The van der Waals surface area contributed by atoms with Crippen molar-refractivity contribution in [3.8, 4) is 0 Å². The van der Waals surface area contributed by atoms with Crippen molar-refractivity contribution in [1.29, 1.82) is 0 Å². The molecule has 0 atom stereocenters. The van der Waals surface area contributed by atoms with Crippen molar-refractivity contribution in [2.75, 3.05) is 11.5 Å². The minimum Gasteiger partial charge on any atom is -0.397 e. The van der Waals surface area contributed by atoms with Gasteiger partial charge in [-0.05, 0) is 12.1 Å². The highest BCUT2D eigenvalue weighted by Gasteiger charge is 2.27. The molecule has 0 fully saturated rings. The van der Waals surface area contributed by atoms with Gasteiger partial charge in [0.15, 0.2) is 0 Å². The predicted octanol–water partition coefficient (Wildman–Crippen LogP) is 0.772. The number of nitrogens with one attached hydrogen (secondary N) is 1. The Labute approximate surface area is 99.0 Å². The van der Waals surface area contributed by atoms with Crippen LogP contribution in [0.3, 0.4) is 0 Å². The first-order valence-corrected chi connectivity index (χ1v) is 5.80. The molecule has 1 aromatic rings. The standard InChI is InChI=1S/C10H16N4OS/c1-10(2,9(15)14-12)6-16-8-7(11)4-3-5-13-8/h3-5H,6,11-12H2,1-2H3,(H,14,15). The summed E-state index contributed by atoms with van der Waals surface area (Å²) in [5.74, 6) is 5.48. The summed E-state index contributed by atoms with van der Waals surface area (Å²) in [5, 5.41) is 0.736. The smallest absolute Gasteiger partial charge is 0.240 e. The molecule has 88 valence electrons. The highest BCUT2D eigenvalue weighted by atomic mass is 32.2.